The number of nitrogens with zero attached hydrogens (tertiary/aromatic N) is 1. The number of carbonyl (C=O) groups is 1. The Morgan fingerprint density at radius 1 is 0.972 bits per heavy atom. The molecule has 1 unspecified atom stereocenters. The van der Waals surface area contributed by atoms with Gasteiger partial charge in [0.2, 0.25) is 5.76 Å². The SMILES string of the molecule is CCCCOc1ccc(C2c3c(oc4ccccc4c3=O)C(=O)N2c2cccc(C(F)(F)F)c2)cc1. The molecule has 4 aromatic rings. The molecule has 0 saturated heterocycles. The van der Waals surface area contributed by atoms with Crippen molar-refractivity contribution in [2.75, 3.05) is 11.5 Å². The van der Waals surface area contributed by atoms with Gasteiger partial charge in [-0.15, -0.1) is 0 Å². The molecule has 5 nitrogen and oxygen atoms in total. The van der Waals surface area contributed by atoms with Crippen LogP contribution >= 0.6 is 0 Å². The van der Waals surface area contributed by atoms with Crippen LogP contribution in [0, 0.1) is 0 Å². The van der Waals surface area contributed by atoms with Gasteiger partial charge in [-0.05, 0) is 54.4 Å². The molecule has 1 aromatic heterocycles. The number of anilines is 1. The van der Waals surface area contributed by atoms with E-state index < -0.39 is 29.1 Å². The minimum atomic E-state index is -4.60. The first-order valence-corrected chi connectivity index (χ1v) is 11.6. The number of amides is 1. The lowest BCUT2D eigenvalue weighted by molar-refractivity contribution is -0.137. The van der Waals surface area contributed by atoms with Gasteiger partial charge in [-0.25, -0.2) is 0 Å². The van der Waals surface area contributed by atoms with Crippen molar-refractivity contribution in [2.24, 2.45) is 0 Å². The summed E-state index contributed by atoms with van der Waals surface area (Å²) in [6, 6.07) is 16.9. The molecule has 0 N–H and O–H groups in total. The molecule has 1 aliphatic heterocycles. The second-order valence-electron chi connectivity index (χ2n) is 8.57. The molecule has 0 saturated carbocycles. The van der Waals surface area contributed by atoms with Gasteiger partial charge in [0.1, 0.15) is 11.3 Å². The summed E-state index contributed by atoms with van der Waals surface area (Å²) in [5.41, 5.74) is -0.410. The van der Waals surface area contributed by atoms with Crippen molar-refractivity contribution in [1.29, 1.82) is 0 Å². The van der Waals surface area contributed by atoms with E-state index >= 15 is 0 Å². The highest BCUT2D eigenvalue weighted by Crippen LogP contribution is 2.43. The summed E-state index contributed by atoms with van der Waals surface area (Å²) in [4.78, 5) is 28.3. The van der Waals surface area contributed by atoms with Crippen molar-refractivity contribution in [3.05, 3.63) is 105 Å². The van der Waals surface area contributed by atoms with Crippen molar-refractivity contribution in [3.8, 4) is 5.75 Å². The largest absolute Gasteiger partial charge is 0.494 e. The first-order chi connectivity index (χ1) is 17.3. The molecule has 1 aliphatic rings. The van der Waals surface area contributed by atoms with E-state index in [2.05, 4.69) is 6.92 Å². The van der Waals surface area contributed by atoms with Crippen LogP contribution in [0.2, 0.25) is 0 Å². The first kappa shape index (κ1) is 23.7. The number of para-hydroxylation sites is 1. The third-order valence-corrected chi connectivity index (χ3v) is 6.19. The van der Waals surface area contributed by atoms with E-state index in [0.717, 1.165) is 25.0 Å². The second-order valence-corrected chi connectivity index (χ2v) is 8.57. The normalized spacial score (nSPS) is 15.4. The maximum Gasteiger partial charge on any atom is 0.416 e. The Kier molecular flexibility index (Phi) is 6.04. The number of hydrogen-bond donors (Lipinski definition) is 0. The van der Waals surface area contributed by atoms with Gasteiger partial charge in [-0.2, -0.15) is 13.2 Å². The third kappa shape index (κ3) is 4.12. The number of rotatable bonds is 6. The quantitative estimate of drug-likeness (QED) is 0.279. The van der Waals surface area contributed by atoms with Gasteiger partial charge in [0, 0.05) is 5.69 Å². The number of ether oxygens (including phenoxy) is 1. The van der Waals surface area contributed by atoms with E-state index in [1.807, 2.05) is 0 Å². The zero-order valence-corrected chi connectivity index (χ0v) is 19.3. The van der Waals surface area contributed by atoms with E-state index in [1.165, 1.54) is 17.0 Å². The van der Waals surface area contributed by atoms with Crippen LogP contribution in [0.5, 0.6) is 5.75 Å². The van der Waals surface area contributed by atoms with Gasteiger partial charge < -0.3 is 9.15 Å². The average Bonchev–Trinajstić information content (AvgIpc) is 3.17. The number of benzene rings is 3. The second kappa shape index (κ2) is 9.18. The highest BCUT2D eigenvalue weighted by Gasteiger charge is 2.44. The standard InChI is InChI=1S/C28H22F3NO4/c1-2-3-15-35-20-13-11-17(12-14-20)24-23-25(33)21-9-4-5-10-22(21)36-26(23)27(34)32(24)19-8-6-7-18(16-19)28(29,30)31/h4-14,16,24H,2-3,15H2,1H3. The van der Waals surface area contributed by atoms with Crippen LogP contribution in [0.4, 0.5) is 18.9 Å². The van der Waals surface area contributed by atoms with E-state index in [4.69, 9.17) is 9.15 Å². The van der Waals surface area contributed by atoms with Gasteiger partial charge >= 0.3 is 6.18 Å². The Balaban J connectivity index is 1.67. The fourth-order valence-electron chi connectivity index (χ4n) is 4.41. The van der Waals surface area contributed by atoms with Crippen LogP contribution in [0.15, 0.2) is 82.0 Å². The summed E-state index contributed by atoms with van der Waals surface area (Å²) in [5.74, 6) is -0.238. The average molecular weight is 493 g/mol. The highest BCUT2D eigenvalue weighted by atomic mass is 19.4. The monoisotopic (exact) mass is 493 g/mol. The van der Waals surface area contributed by atoms with Crippen molar-refractivity contribution in [3.63, 3.8) is 0 Å². The fourth-order valence-corrected chi connectivity index (χ4v) is 4.41. The third-order valence-electron chi connectivity index (χ3n) is 6.19. The van der Waals surface area contributed by atoms with Gasteiger partial charge in [-0.1, -0.05) is 43.7 Å². The zero-order valence-electron chi connectivity index (χ0n) is 19.3. The van der Waals surface area contributed by atoms with Crippen LogP contribution in [0.3, 0.4) is 0 Å². The summed E-state index contributed by atoms with van der Waals surface area (Å²) in [6.45, 7) is 2.60. The number of carbonyl (C=O) groups excluding carboxylic acids is 1. The topological polar surface area (TPSA) is 59.8 Å². The summed E-state index contributed by atoms with van der Waals surface area (Å²) < 4.78 is 52.0. The molecule has 0 fully saturated rings. The van der Waals surface area contributed by atoms with E-state index in [0.29, 0.717) is 23.3 Å². The minimum Gasteiger partial charge on any atom is -0.494 e. The van der Waals surface area contributed by atoms with Crippen LogP contribution in [0.25, 0.3) is 11.0 Å². The maximum absolute atomic E-state index is 13.6. The summed E-state index contributed by atoms with van der Waals surface area (Å²) in [5, 5.41) is 0.291. The predicted molar refractivity (Wildman–Crippen MR) is 129 cm³/mol. The molecule has 0 bridgehead atoms. The van der Waals surface area contributed by atoms with Gasteiger partial charge in [0.25, 0.3) is 5.91 Å². The lowest BCUT2D eigenvalue weighted by Crippen LogP contribution is -2.29. The Bertz CT molecular complexity index is 1490. The number of unbranched alkanes of at least 4 members (excludes halogenated alkanes) is 1. The number of halogens is 3. The van der Waals surface area contributed by atoms with Gasteiger partial charge in [0.15, 0.2) is 5.43 Å². The molecular weight excluding hydrogens is 471 g/mol. The Labute approximate surface area is 204 Å². The van der Waals surface area contributed by atoms with Crippen molar-refractivity contribution < 1.29 is 27.1 Å². The molecule has 0 radical (unpaired) electrons. The molecule has 1 amide bonds. The van der Waals surface area contributed by atoms with Crippen LogP contribution in [0.1, 0.15) is 53.1 Å². The van der Waals surface area contributed by atoms with Crippen LogP contribution < -0.4 is 15.1 Å². The van der Waals surface area contributed by atoms with E-state index in [1.54, 1.807) is 48.5 Å². The maximum atomic E-state index is 13.6. The smallest absolute Gasteiger partial charge is 0.416 e. The first-order valence-electron chi connectivity index (χ1n) is 11.6. The number of alkyl halides is 3. The van der Waals surface area contributed by atoms with Crippen molar-refractivity contribution in [2.45, 2.75) is 32.0 Å². The van der Waals surface area contributed by atoms with Crippen LogP contribution in [-0.2, 0) is 6.18 Å². The Morgan fingerprint density at radius 3 is 2.44 bits per heavy atom. The predicted octanol–water partition coefficient (Wildman–Crippen LogP) is 6.74. The molecule has 5 rings (SSSR count). The van der Waals surface area contributed by atoms with Gasteiger partial charge in [0.05, 0.1) is 29.2 Å². The molecule has 184 valence electrons. The van der Waals surface area contributed by atoms with E-state index in [9.17, 15) is 22.8 Å². The molecule has 36 heavy (non-hydrogen) atoms. The Hall–Kier alpha value is -4.07. The molecule has 0 spiro atoms. The zero-order chi connectivity index (χ0) is 25.4. The lowest BCUT2D eigenvalue weighted by Gasteiger charge is -2.26. The fraction of sp³-hybridized carbons (Fsp3) is 0.214. The molecule has 2 heterocycles. The lowest BCUT2D eigenvalue weighted by atomic mass is 9.98. The summed E-state index contributed by atoms with van der Waals surface area (Å²) in [7, 11) is 0. The Morgan fingerprint density at radius 2 is 1.72 bits per heavy atom. The molecule has 1 atom stereocenters. The van der Waals surface area contributed by atoms with Gasteiger partial charge in [-0.3, -0.25) is 14.5 Å². The molecular formula is C28H22F3NO4. The number of fused-ring (bicyclic) bond motifs is 2. The number of hydrogen-bond acceptors (Lipinski definition) is 4. The van der Waals surface area contributed by atoms with Crippen molar-refractivity contribution >= 4 is 22.6 Å². The highest BCUT2D eigenvalue weighted by molar-refractivity contribution is 6.10. The molecule has 0 aliphatic carbocycles. The van der Waals surface area contributed by atoms with E-state index in [-0.39, 0.29) is 22.6 Å². The summed E-state index contributed by atoms with van der Waals surface area (Å²) in [6.07, 6.45) is -2.72. The summed E-state index contributed by atoms with van der Waals surface area (Å²) >= 11 is 0. The minimum absolute atomic E-state index is 0.0120. The molecule has 8 heteroatoms. The van der Waals surface area contributed by atoms with Crippen LogP contribution in [-0.4, -0.2) is 12.5 Å². The van der Waals surface area contributed by atoms with Crippen molar-refractivity contribution in [1.82, 2.24) is 0 Å². The molecule has 3 aromatic carbocycles.